The number of hydrogen-bond donors (Lipinski definition) is 3. The highest BCUT2D eigenvalue weighted by Crippen LogP contribution is 2.20. The minimum Gasteiger partial charge on any atom is -0.461 e. The third-order valence-corrected chi connectivity index (χ3v) is 5.63. The van der Waals surface area contributed by atoms with Gasteiger partial charge in [0.1, 0.15) is 29.1 Å². The Morgan fingerprint density at radius 3 is 2.56 bits per heavy atom. The van der Waals surface area contributed by atoms with Crippen LogP contribution in [0.2, 0.25) is 0 Å². The Morgan fingerprint density at radius 1 is 1.22 bits per heavy atom. The molecule has 1 aromatic rings. The van der Waals surface area contributed by atoms with Gasteiger partial charge in [0.25, 0.3) is 5.91 Å². The molecule has 0 radical (unpaired) electrons. The van der Waals surface area contributed by atoms with E-state index in [-0.39, 0.29) is 25.4 Å². The molecule has 1 aromatic carbocycles. The topological polar surface area (TPSA) is 117 Å². The Bertz CT molecular complexity index is 936. The minimum atomic E-state index is -1.21. The van der Waals surface area contributed by atoms with E-state index in [0.717, 1.165) is 5.56 Å². The van der Waals surface area contributed by atoms with Crippen LogP contribution in [0.3, 0.4) is 0 Å². The third-order valence-electron chi connectivity index (χ3n) is 5.41. The highest BCUT2D eigenvalue weighted by molar-refractivity contribution is 6.48. The number of nitrogens with one attached hydrogen (secondary N) is 3. The summed E-state index contributed by atoms with van der Waals surface area (Å²) in [5.74, 6) is -1.76. The van der Waals surface area contributed by atoms with Crippen molar-refractivity contribution in [1.29, 1.82) is 0 Å². The first-order valence-electron chi connectivity index (χ1n) is 11.9. The number of alkyl halides is 2. The lowest BCUT2D eigenvalue weighted by molar-refractivity contribution is -0.153. The molecular formula is C25H34Cl2N4O5. The molecule has 11 heteroatoms. The number of benzene rings is 1. The number of rotatable bonds is 11. The molecule has 0 saturated carbocycles. The summed E-state index contributed by atoms with van der Waals surface area (Å²) in [6, 6.07) is 6.78. The maximum atomic E-state index is 13.1. The standard InChI is InChI=1S/C25H34Cl2N4O5/c1-4-5-13-21(32)29-20(15-18-10-7-6-8-11-18)22(33)28-17(2)23(34)31-14-9-12-19(30-31)24(35)36-16-25(3,26)27/h4-8,10-11,17,19-20,30H,9,12-16H2,1-3H3,(H,28,33)(H,29,32)/b5-4+/t17-,19-,20-/m0/s1. The van der Waals surface area contributed by atoms with E-state index in [0.29, 0.717) is 19.4 Å². The molecule has 3 atom stereocenters. The highest BCUT2D eigenvalue weighted by Gasteiger charge is 2.33. The minimum absolute atomic E-state index is 0.144. The first-order valence-corrected chi connectivity index (χ1v) is 12.6. The second-order valence-corrected chi connectivity index (χ2v) is 10.7. The van der Waals surface area contributed by atoms with E-state index in [2.05, 4.69) is 16.1 Å². The number of esters is 1. The van der Waals surface area contributed by atoms with Crippen molar-refractivity contribution in [3.8, 4) is 0 Å². The van der Waals surface area contributed by atoms with E-state index in [9.17, 15) is 19.2 Å². The van der Waals surface area contributed by atoms with E-state index in [1.165, 1.54) is 11.9 Å². The fourth-order valence-corrected chi connectivity index (χ4v) is 3.67. The smallest absolute Gasteiger partial charge is 0.325 e. The van der Waals surface area contributed by atoms with Gasteiger partial charge in [-0.2, -0.15) is 0 Å². The van der Waals surface area contributed by atoms with Crippen LogP contribution in [0.5, 0.6) is 0 Å². The second kappa shape index (κ2) is 14.2. The van der Waals surface area contributed by atoms with E-state index in [1.807, 2.05) is 30.3 Å². The van der Waals surface area contributed by atoms with Gasteiger partial charge < -0.3 is 15.4 Å². The average Bonchev–Trinajstić information content (AvgIpc) is 2.85. The number of nitrogens with zero attached hydrogens (tertiary/aromatic N) is 1. The van der Waals surface area contributed by atoms with E-state index in [1.54, 1.807) is 26.0 Å². The second-order valence-electron chi connectivity index (χ2n) is 8.80. The number of amides is 3. The number of ether oxygens (including phenoxy) is 1. The third kappa shape index (κ3) is 10.2. The van der Waals surface area contributed by atoms with Gasteiger partial charge in [0.15, 0.2) is 0 Å². The summed E-state index contributed by atoms with van der Waals surface area (Å²) in [5, 5.41) is 6.74. The monoisotopic (exact) mass is 540 g/mol. The summed E-state index contributed by atoms with van der Waals surface area (Å²) >= 11 is 11.7. The van der Waals surface area contributed by atoms with Crippen LogP contribution in [0, 0.1) is 0 Å². The Labute approximate surface area is 221 Å². The number of hydrazine groups is 1. The molecule has 198 valence electrons. The van der Waals surface area contributed by atoms with Crippen molar-refractivity contribution in [2.75, 3.05) is 13.2 Å². The fraction of sp³-hybridized carbons (Fsp3) is 0.520. The van der Waals surface area contributed by atoms with E-state index < -0.39 is 40.2 Å². The number of carbonyl (C=O) groups excluding carboxylic acids is 4. The van der Waals surface area contributed by atoms with Gasteiger partial charge in [0, 0.05) is 19.4 Å². The van der Waals surface area contributed by atoms with Crippen LogP contribution in [0.4, 0.5) is 0 Å². The molecule has 3 amide bonds. The largest absolute Gasteiger partial charge is 0.461 e. The van der Waals surface area contributed by atoms with Crippen LogP contribution in [-0.2, 0) is 30.3 Å². The molecule has 1 aliphatic heterocycles. The summed E-state index contributed by atoms with van der Waals surface area (Å²) in [5.41, 5.74) is 3.73. The molecule has 0 bridgehead atoms. The molecule has 1 saturated heterocycles. The molecule has 1 heterocycles. The number of carbonyl (C=O) groups is 4. The molecule has 1 fully saturated rings. The van der Waals surface area contributed by atoms with Crippen molar-refractivity contribution >= 4 is 46.9 Å². The van der Waals surface area contributed by atoms with Gasteiger partial charge in [-0.05, 0) is 39.2 Å². The molecule has 3 N–H and O–H groups in total. The number of hydrogen-bond acceptors (Lipinski definition) is 6. The molecule has 9 nitrogen and oxygen atoms in total. The fourth-order valence-electron chi connectivity index (χ4n) is 3.56. The van der Waals surface area contributed by atoms with Crippen molar-refractivity contribution in [1.82, 2.24) is 21.1 Å². The van der Waals surface area contributed by atoms with Crippen LogP contribution >= 0.6 is 23.2 Å². The average molecular weight is 541 g/mol. The lowest BCUT2D eigenvalue weighted by atomic mass is 10.0. The van der Waals surface area contributed by atoms with Crippen molar-refractivity contribution in [3.05, 3.63) is 48.0 Å². The van der Waals surface area contributed by atoms with Gasteiger partial charge in [-0.1, -0.05) is 65.7 Å². The lowest BCUT2D eigenvalue weighted by Gasteiger charge is -2.34. The predicted octanol–water partition coefficient (Wildman–Crippen LogP) is 2.42. The predicted molar refractivity (Wildman–Crippen MR) is 138 cm³/mol. The van der Waals surface area contributed by atoms with Crippen molar-refractivity contribution in [2.45, 2.75) is 68.9 Å². The first kappa shape index (κ1) is 29.6. The van der Waals surface area contributed by atoms with Crippen LogP contribution in [0.1, 0.15) is 45.6 Å². The van der Waals surface area contributed by atoms with Gasteiger partial charge in [-0.25, -0.2) is 5.43 Å². The molecular weight excluding hydrogens is 507 g/mol. The number of halogens is 2. The Morgan fingerprint density at radius 2 is 1.92 bits per heavy atom. The summed E-state index contributed by atoms with van der Waals surface area (Å²) in [7, 11) is 0. The Kier molecular flexibility index (Phi) is 11.7. The van der Waals surface area contributed by atoms with Crippen LogP contribution in [0.25, 0.3) is 0 Å². The van der Waals surface area contributed by atoms with Crippen molar-refractivity contribution in [2.24, 2.45) is 0 Å². The van der Waals surface area contributed by atoms with E-state index in [4.69, 9.17) is 27.9 Å². The zero-order chi connectivity index (χ0) is 26.7. The van der Waals surface area contributed by atoms with Crippen LogP contribution in [-0.4, -0.2) is 64.3 Å². The normalized spacial score (nSPS) is 17.8. The van der Waals surface area contributed by atoms with Gasteiger partial charge in [-0.15, -0.1) is 0 Å². The quantitative estimate of drug-likeness (QED) is 0.225. The Balaban J connectivity index is 2.00. The highest BCUT2D eigenvalue weighted by atomic mass is 35.5. The summed E-state index contributed by atoms with van der Waals surface area (Å²) < 4.78 is 3.92. The maximum absolute atomic E-state index is 13.1. The van der Waals surface area contributed by atoms with Crippen molar-refractivity contribution < 1.29 is 23.9 Å². The summed E-state index contributed by atoms with van der Waals surface area (Å²) in [6.45, 7) is 5.04. The zero-order valence-corrected chi connectivity index (χ0v) is 22.3. The Hall–Kier alpha value is -2.62. The van der Waals surface area contributed by atoms with Gasteiger partial charge >= 0.3 is 5.97 Å². The molecule has 0 unspecified atom stereocenters. The van der Waals surface area contributed by atoms with Gasteiger partial charge in [-0.3, -0.25) is 24.2 Å². The van der Waals surface area contributed by atoms with Crippen LogP contribution in [0.15, 0.2) is 42.5 Å². The maximum Gasteiger partial charge on any atom is 0.325 e. The molecule has 36 heavy (non-hydrogen) atoms. The lowest BCUT2D eigenvalue weighted by Crippen LogP contribution is -2.60. The zero-order valence-electron chi connectivity index (χ0n) is 20.8. The number of allylic oxidation sites excluding steroid dienone is 1. The van der Waals surface area contributed by atoms with Gasteiger partial charge in [0.2, 0.25) is 11.8 Å². The molecule has 1 aliphatic rings. The summed E-state index contributed by atoms with van der Waals surface area (Å²) in [6.07, 6.45) is 4.91. The first-order chi connectivity index (χ1) is 17.0. The molecule has 0 spiro atoms. The van der Waals surface area contributed by atoms with E-state index >= 15 is 0 Å². The van der Waals surface area contributed by atoms with Crippen molar-refractivity contribution in [3.63, 3.8) is 0 Å². The molecule has 0 aromatic heterocycles. The summed E-state index contributed by atoms with van der Waals surface area (Å²) in [4.78, 5) is 50.7. The molecule has 2 rings (SSSR count). The van der Waals surface area contributed by atoms with Gasteiger partial charge in [0.05, 0.1) is 0 Å². The molecule has 0 aliphatic carbocycles. The van der Waals surface area contributed by atoms with Crippen LogP contribution < -0.4 is 16.1 Å². The SMILES string of the molecule is C/C=C/CC(=O)N[C@@H](Cc1ccccc1)C(=O)N[C@@H](C)C(=O)N1CCC[C@@H](C(=O)OCC(C)(Cl)Cl)N1.